The molecule has 2 rings (SSSR count). The maximum atomic E-state index is 13.3. The van der Waals surface area contributed by atoms with Crippen molar-refractivity contribution in [1.82, 2.24) is 10.2 Å². The Balaban J connectivity index is 2.22. The lowest BCUT2D eigenvalue weighted by Crippen LogP contribution is -1.87. The first kappa shape index (κ1) is 11.8. The smallest absolute Gasteiger partial charge is 0.299 e. The molecule has 1 aromatic carbocycles. The number of halogens is 3. The highest BCUT2D eigenvalue weighted by molar-refractivity contribution is 9.10. The lowest BCUT2D eigenvalue weighted by atomic mass is 10.3. The molecule has 0 saturated heterocycles. The molecule has 16 heavy (non-hydrogen) atoms. The summed E-state index contributed by atoms with van der Waals surface area (Å²) < 4.78 is 19.3. The average molecular weight is 324 g/mol. The van der Waals surface area contributed by atoms with Gasteiger partial charge in [0.2, 0.25) is 0 Å². The number of aromatic nitrogens is 2. The molecule has 1 heterocycles. The predicted octanol–water partition coefficient (Wildman–Crippen LogP) is 3.97. The van der Waals surface area contributed by atoms with Crippen LogP contribution >= 0.6 is 38.9 Å². The van der Waals surface area contributed by atoms with Crippen molar-refractivity contribution in [2.24, 2.45) is 0 Å². The van der Waals surface area contributed by atoms with E-state index in [0.29, 0.717) is 5.01 Å². The Hall–Kier alpha value is -0.720. The van der Waals surface area contributed by atoms with Crippen molar-refractivity contribution < 1.29 is 9.13 Å². The largest absolute Gasteiger partial charge is 0.427 e. The van der Waals surface area contributed by atoms with Gasteiger partial charge in [-0.15, -0.1) is 16.7 Å². The van der Waals surface area contributed by atoms with Gasteiger partial charge in [0.1, 0.15) is 5.01 Å². The summed E-state index contributed by atoms with van der Waals surface area (Å²) in [5.74, 6) is -0.0837. The van der Waals surface area contributed by atoms with E-state index in [9.17, 15) is 4.39 Å². The van der Waals surface area contributed by atoms with E-state index >= 15 is 0 Å². The van der Waals surface area contributed by atoms with E-state index in [4.69, 9.17) is 16.3 Å². The molecular weight excluding hydrogens is 319 g/mol. The van der Waals surface area contributed by atoms with Crippen molar-refractivity contribution >= 4 is 38.9 Å². The van der Waals surface area contributed by atoms with Gasteiger partial charge in [0, 0.05) is 4.47 Å². The number of rotatable bonds is 3. The molecule has 0 fully saturated rings. The zero-order valence-corrected chi connectivity index (χ0v) is 10.9. The summed E-state index contributed by atoms with van der Waals surface area (Å²) in [5.41, 5.74) is 0. The van der Waals surface area contributed by atoms with Crippen LogP contribution in [0, 0.1) is 5.82 Å². The molecule has 0 aliphatic rings. The summed E-state index contributed by atoms with van der Waals surface area (Å²) in [6, 6.07) is 4.42. The van der Waals surface area contributed by atoms with Crippen LogP contribution in [0.3, 0.4) is 0 Å². The fraction of sp³-hybridized carbons (Fsp3) is 0.111. The Morgan fingerprint density at radius 1 is 1.44 bits per heavy atom. The molecule has 2 aromatic rings. The zero-order chi connectivity index (χ0) is 11.5. The van der Waals surface area contributed by atoms with Crippen molar-refractivity contribution in [2.45, 2.75) is 5.88 Å². The molecule has 0 aliphatic carbocycles. The second kappa shape index (κ2) is 5.07. The van der Waals surface area contributed by atoms with E-state index in [1.54, 1.807) is 6.07 Å². The molecule has 0 saturated carbocycles. The van der Waals surface area contributed by atoms with Crippen molar-refractivity contribution in [1.29, 1.82) is 0 Å². The van der Waals surface area contributed by atoms with E-state index < -0.39 is 5.82 Å². The molecule has 7 heteroatoms. The summed E-state index contributed by atoms with van der Waals surface area (Å²) in [6.45, 7) is 0. The first-order valence-corrected chi connectivity index (χ1v) is 6.34. The second-order valence-electron chi connectivity index (χ2n) is 2.77. The van der Waals surface area contributed by atoms with Crippen molar-refractivity contribution in [3.63, 3.8) is 0 Å². The van der Waals surface area contributed by atoms with Gasteiger partial charge in [-0.2, -0.15) is 0 Å². The van der Waals surface area contributed by atoms with Gasteiger partial charge < -0.3 is 4.74 Å². The highest BCUT2D eigenvalue weighted by atomic mass is 79.9. The van der Waals surface area contributed by atoms with Crippen LogP contribution in [0.5, 0.6) is 10.9 Å². The normalized spacial score (nSPS) is 10.4. The number of hydrogen-bond acceptors (Lipinski definition) is 4. The van der Waals surface area contributed by atoms with Crippen LogP contribution in [0.4, 0.5) is 4.39 Å². The lowest BCUT2D eigenvalue weighted by Gasteiger charge is -2.02. The van der Waals surface area contributed by atoms with Gasteiger partial charge in [0.05, 0.1) is 5.88 Å². The van der Waals surface area contributed by atoms with Crippen LogP contribution in [-0.2, 0) is 5.88 Å². The van der Waals surface area contributed by atoms with Crippen LogP contribution in [-0.4, -0.2) is 10.2 Å². The molecule has 0 spiro atoms. The molecule has 0 amide bonds. The van der Waals surface area contributed by atoms with Crippen molar-refractivity contribution in [3.05, 3.63) is 33.5 Å². The van der Waals surface area contributed by atoms with Gasteiger partial charge in [0.15, 0.2) is 11.6 Å². The Labute approximate surface area is 108 Å². The molecule has 0 atom stereocenters. The molecule has 3 nitrogen and oxygen atoms in total. The van der Waals surface area contributed by atoms with Crippen LogP contribution < -0.4 is 4.74 Å². The first-order chi connectivity index (χ1) is 7.69. The Bertz CT molecular complexity index is 508. The standard InChI is InChI=1S/C9H5BrClFN2OS/c10-5-1-2-6(12)7(3-5)15-9-14-13-8(4-11)16-9/h1-3H,4H2. The minimum absolute atomic E-state index is 0.103. The van der Waals surface area contributed by atoms with Gasteiger partial charge in [-0.05, 0) is 18.2 Å². The monoisotopic (exact) mass is 322 g/mol. The second-order valence-corrected chi connectivity index (χ2v) is 4.98. The summed E-state index contributed by atoms with van der Waals surface area (Å²) in [4.78, 5) is 0. The average Bonchev–Trinajstić information content (AvgIpc) is 2.71. The van der Waals surface area contributed by atoms with Gasteiger partial charge in [-0.25, -0.2) is 4.39 Å². The van der Waals surface area contributed by atoms with Crippen LogP contribution in [0.25, 0.3) is 0 Å². The van der Waals surface area contributed by atoms with Gasteiger partial charge in [-0.1, -0.05) is 32.4 Å². The van der Waals surface area contributed by atoms with Crippen LogP contribution in [0.1, 0.15) is 5.01 Å². The fourth-order valence-electron chi connectivity index (χ4n) is 0.983. The lowest BCUT2D eigenvalue weighted by molar-refractivity contribution is 0.435. The molecule has 0 bridgehead atoms. The SMILES string of the molecule is Fc1ccc(Br)cc1Oc1nnc(CCl)s1. The Kier molecular flexibility index (Phi) is 3.73. The van der Waals surface area contributed by atoms with Crippen molar-refractivity contribution in [2.75, 3.05) is 0 Å². The maximum absolute atomic E-state index is 13.3. The molecule has 0 radical (unpaired) electrons. The van der Waals surface area contributed by atoms with Gasteiger partial charge in [0.25, 0.3) is 5.19 Å². The molecule has 84 valence electrons. The Morgan fingerprint density at radius 3 is 2.94 bits per heavy atom. The summed E-state index contributed by atoms with van der Waals surface area (Å²) >= 11 is 9.98. The highest BCUT2D eigenvalue weighted by Crippen LogP contribution is 2.29. The molecule has 1 aromatic heterocycles. The highest BCUT2D eigenvalue weighted by Gasteiger charge is 2.09. The van der Waals surface area contributed by atoms with E-state index in [2.05, 4.69) is 26.1 Å². The number of nitrogens with zero attached hydrogens (tertiary/aromatic N) is 2. The summed E-state index contributed by atoms with van der Waals surface area (Å²) in [6.07, 6.45) is 0. The predicted molar refractivity (Wildman–Crippen MR) is 63.6 cm³/mol. The third-order valence-corrected chi connectivity index (χ3v) is 3.36. The number of hydrogen-bond donors (Lipinski definition) is 0. The summed E-state index contributed by atoms with van der Waals surface area (Å²) in [5, 5.41) is 8.40. The third kappa shape index (κ3) is 2.69. The molecule has 0 unspecified atom stereocenters. The minimum Gasteiger partial charge on any atom is -0.427 e. The van der Waals surface area contributed by atoms with Gasteiger partial charge >= 0.3 is 0 Å². The number of ether oxygens (including phenoxy) is 1. The van der Waals surface area contributed by atoms with E-state index in [1.807, 2.05) is 0 Å². The zero-order valence-electron chi connectivity index (χ0n) is 7.78. The van der Waals surface area contributed by atoms with Crippen LogP contribution in [0.15, 0.2) is 22.7 Å². The maximum Gasteiger partial charge on any atom is 0.299 e. The minimum atomic E-state index is -0.453. The van der Waals surface area contributed by atoms with Crippen molar-refractivity contribution in [3.8, 4) is 10.9 Å². The number of benzene rings is 1. The first-order valence-electron chi connectivity index (χ1n) is 4.20. The quantitative estimate of drug-likeness (QED) is 0.802. The molecule has 0 aliphatic heterocycles. The third-order valence-electron chi connectivity index (χ3n) is 1.65. The van der Waals surface area contributed by atoms with Gasteiger partial charge in [-0.3, -0.25) is 0 Å². The van der Waals surface area contributed by atoms with E-state index in [0.717, 1.165) is 4.47 Å². The topological polar surface area (TPSA) is 35.0 Å². The van der Waals surface area contributed by atoms with E-state index in [1.165, 1.54) is 23.5 Å². The summed E-state index contributed by atoms with van der Waals surface area (Å²) in [7, 11) is 0. The Morgan fingerprint density at radius 2 is 2.25 bits per heavy atom. The van der Waals surface area contributed by atoms with Crippen LogP contribution in [0.2, 0.25) is 0 Å². The van der Waals surface area contributed by atoms with E-state index in [-0.39, 0.29) is 16.8 Å². The fourth-order valence-corrected chi connectivity index (χ4v) is 2.09. The number of alkyl halides is 1. The molecular formula is C9H5BrClFN2OS. The molecule has 0 N–H and O–H groups in total.